The van der Waals surface area contributed by atoms with Crippen molar-refractivity contribution in [1.29, 1.82) is 0 Å². The molecule has 0 spiro atoms. The van der Waals surface area contributed by atoms with Crippen LogP contribution in [0.1, 0.15) is 19.4 Å². The van der Waals surface area contributed by atoms with Crippen molar-refractivity contribution in [3.8, 4) is 0 Å². The summed E-state index contributed by atoms with van der Waals surface area (Å²) < 4.78 is 0. The second-order valence-electron chi connectivity index (χ2n) is 5.41. The van der Waals surface area contributed by atoms with Crippen molar-refractivity contribution < 1.29 is 0 Å². The fraction of sp³-hybridized carbons (Fsp3) is 0.600. The summed E-state index contributed by atoms with van der Waals surface area (Å²) in [5, 5.41) is 0. The molecule has 1 aliphatic rings. The van der Waals surface area contributed by atoms with Crippen LogP contribution in [0.3, 0.4) is 0 Å². The normalized spacial score (nSPS) is 23.2. The first-order valence-corrected chi connectivity index (χ1v) is 6.65. The summed E-state index contributed by atoms with van der Waals surface area (Å²) in [4.78, 5) is 5.10. The lowest BCUT2D eigenvalue weighted by atomic mass is 10.0. The van der Waals surface area contributed by atoms with Gasteiger partial charge in [-0.1, -0.05) is 30.3 Å². The maximum atomic E-state index is 2.59. The van der Waals surface area contributed by atoms with Crippen LogP contribution in [0.5, 0.6) is 0 Å². The highest BCUT2D eigenvalue weighted by Gasteiger charge is 2.25. The van der Waals surface area contributed by atoms with E-state index in [2.05, 4.69) is 61.0 Å². The van der Waals surface area contributed by atoms with Gasteiger partial charge in [-0.05, 0) is 32.9 Å². The van der Waals surface area contributed by atoms with E-state index in [-0.39, 0.29) is 0 Å². The van der Waals surface area contributed by atoms with Crippen LogP contribution in [0.25, 0.3) is 0 Å². The Morgan fingerprint density at radius 3 is 2.53 bits per heavy atom. The molecule has 1 fully saturated rings. The Bertz CT molecular complexity index is 334. The SMILES string of the molecule is CC(C)N1CCN(C)C(Cc2ccccc2)C1. The van der Waals surface area contributed by atoms with E-state index in [0.29, 0.717) is 12.1 Å². The molecule has 1 saturated heterocycles. The van der Waals surface area contributed by atoms with E-state index in [0.717, 1.165) is 0 Å². The summed E-state index contributed by atoms with van der Waals surface area (Å²) in [5.41, 5.74) is 1.45. The van der Waals surface area contributed by atoms with Gasteiger partial charge in [0.25, 0.3) is 0 Å². The second-order valence-corrected chi connectivity index (χ2v) is 5.41. The molecule has 0 amide bonds. The minimum atomic E-state index is 0.661. The van der Waals surface area contributed by atoms with Gasteiger partial charge in [-0.15, -0.1) is 0 Å². The predicted octanol–water partition coefficient (Wildman–Crippen LogP) is 2.25. The molecule has 94 valence electrons. The number of piperazine rings is 1. The first-order chi connectivity index (χ1) is 8.16. The summed E-state index contributed by atoms with van der Waals surface area (Å²) in [7, 11) is 2.26. The van der Waals surface area contributed by atoms with Gasteiger partial charge in [0.2, 0.25) is 0 Å². The lowest BCUT2D eigenvalue weighted by Crippen LogP contribution is -2.54. The van der Waals surface area contributed by atoms with E-state index >= 15 is 0 Å². The van der Waals surface area contributed by atoms with Crippen molar-refractivity contribution in [3.05, 3.63) is 35.9 Å². The fourth-order valence-electron chi connectivity index (χ4n) is 2.55. The molecule has 2 heteroatoms. The van der Waals surface area contributed by atoms with Gasteiger partial charge in [0.15, 0.2) is 0 Å². The molecule has 0 aromatic heterocycles. The van der Waals surface area contributed by atoms with Gasteiger partial charge in [0.05, 0.1) is 0 Å². The molecule has 1 aromatic rings. The van der Waals surface area contributed by atoms with Gasteiger partial charge in [-0.25, -0.2) is 0 Å². The molecule has 2 rings (SSSR count). The number of hydrogen-bond donors (Lipinski definition) is 0. The van der Waals surface area contributed by atoms with E-state index < -0.39 is 0 Å². The largest absolute Gasteiger partial charge is 0.301 e. The first kappa shape index (κ1) is 12.6. The lowest BCUT2D eigenvalue weighted by molar-refractivity contribution is 0.0748. The molecular formula is C15H24N2. The van der Waals surface area contributed by atoms with E-state index in [9.17, 15) is 0 Å². The molecule has 1 heterocycles. The van der Waals surface area contributed by atoms with Crippen molar-refractivity contribution in [3.63, 3.8) is 0 Å². The molecule has 17 heavy (non-hydrogen) atoms. The molecular weight excluding hydrogens is 208 g/mol. The number of benzene rings is 1. The van der Waals surface area contributed by atoms with Gasteiger partial charge in [-0.3, -0.25) is 4.90 Å². The minimum Gasteiger partial charge on any atom is -0.301 e. The summed E-state index contributed by atoms with van der Waals surface area (Å²) in [6.07, 6.45) is 1.17. The molecule has 0 bridgehead atoms. The molecule has 0 N–H and O–H groups in total. The van der Waals surface area contributed by atoms with Crippen molar-refractivity contribution in [1.82, 2.24) is 9.80 Å². The number of hydrogen-bond acceptors (Lipinski definition) is 2. The lowest BCUT2D eigenvalue weighted by Gasteiger charge is -2.41. The van der Waals surface area contributed by atoms with Crippen LogP contribution >= 0.6 is 0 Å². The third kappa shape index (κ3) is 3.30. The summed E-state index contributed by atoms with van der Waals surface area (Å²) in [6, 6.07) is 12.2. The summed E-state index contributed by atoms with van der Waals surface area (Å²) >= 11 is 0. The Hall–Kier alpha value is -0.860. The topological polar surface area (TPSA) is 6.48 Å². The maximum absolute atomic E-state index is 2.59. The molecule has 0 radical (unpaired) electrons. The quantitative estimate of drug-likeness (QED) is 0.788. The molecule has 1 aromatic carbocycles. The van der Waals surface area contributed by atoms with Gasteiger partial charge in [0.1, 0.15) is 0 Å². The monoisotopic (exact) mass is 232 g/mol. The predicted molar refractivity (Wildman–Crippen MR) is 73.3 cm³/mol. The average molecular weight is 232 g/mol. The number of likely N-dealkylation sites (N-methyl/N-ethyl adjacent to an activating group) is 1. The van der Waals surface area contributed by atoms with Crippen LogP contribution in [-0.2, 0) is 6.42 Å². The zero-order chi connectivity index (χ0) is 12.3. The number of rotatable bonds is 3. The Morgan fingerprint density at radius 1 is 1.18 bits per heavy atom. The van der Waals surface area contributed by atoms with Gasteiger partial charge < -0.3 is 4.90 Å². The van der Waals surface area contributed by atoms with Crippen LogP contribution in [0, 0.1) is 0 Å². The van der Waals surface area contributed by atoms with Crippen molar-refractivity contribution >= 4 is 0 Å². The van der Waals surface area contributed by atoms with E-state index in [1.54, 1.807) is 0 Å². The van der Waals surface area contributed by atoms with E-state index in [4.69, 9.17) is 0 Å². The van der Waals surface area contributed by atoms with Crippen LogP contribution in [0.4, 0.5) is 0 Å². The van der Waals surface area contributed by atoms with Gasteiger partial charge in [-0.2, -0.15) is 0 Å². The molecule has 1 aliphatic heterocycles. The minimum absolute atomic E-state index is 0.661. The van der Waals surface area contributed by atoms with Crippen LogP contribution < -0.4 is 0 Å². The van der Waals surface area contributed by atoms with Crippen LogP contribution in [-0.4, -0.2) is 48.6 Å². The fourth-order valence-corrected chi connectivity index (χ4v) is 2.55. The van der Waals surface area contributed by atoms with Crippen molar-refractivity contribution in [2.45, 2.75) is 32.4 Å². The summed E-state index contributed by atoms with van der Waals surface area (Å²) in [6.45, 7) is 8.19. The average Bonchev–Trinajstić information content (AvgIpc) is 2.33. The Kier molecular flexibility index (Phi) is 4.19. The zero-order valence-electron chi connectivity index (χ0n) is 11.3. The second kappa shape index (κ2) is 5.65. The highest BCUT2D eigenvalue weighted by Crippen LogP contribution is 2.15. The number of nitrogens with zero attached hydrogens (tertiary/aromatic N) is 2. The molecule has 2 nitrogen and oxygen atoms in total. The van der Waals surface area contributed by atoms with E-state index in [1.807, 2.05) is 0 Å². The van der Waals surface area contributed by atoms with Crippen LogP contribution in [0.2, 0.25) is 0 Å². The standard InChI is InChI=1S/C15H24N2/c1-13(2)17-10-9-16(3)15(12-17)11-14-7-5-4-6-8-14/h4-8,13,15H,9-12H2,1-3H3. The third-order valence-corrected chi connectivity index (χ3v) is 3.85. The van der Waals surface area contributed by atoms with Crippen LogP contribution in [0.15, 0.2) is 30.3 Å². The molecule has 1 atom stereocenters. The molecule has 1 unspecified atom stereocenters. The highest BCUT2D eigenvalue weighted by molar-refractivity contribution is 5.16. The first-order valence-electron chi connectivity index (χ1n) is 6.65. The third-order valence-electron chi connectivity index (χ3n) is 3.85. The van der Waals surface area contributed by atoms with Gasteiger partial charge in [0, 0.05) is 31.7 Å². The van der Waals surface area contributed by atoms with Gasteiger partial charge >= 0.3 is 0 Å². The Labute approximate surface area is 105 Å². The van der Waals surface area contributed by atoms with Crippen molar-refractivity contribution in [2.75, 3.05) is 26.7 Å². The maximum Gasteiger partial charge on any atom is 0.0261 e. The highest BCUT2D eigenvalue weighted by atomic mass is 15.3. The Balaban J connectivity index is 1.99. The zero-order valence-corrected chi connectivity index (χ0v) is 11.3. The van der Waals surface area contributed by atoms with Crippen molar-refractivity contribution in [2.24, 2.45) is 0 Å². The molecule has 0 aliphatic carbocycles. The summed E-state index contributed by atoms with van der Waals surface area (Å²) in [5.74, 6) is 0. The molecule has 0 saturated carbocycles. The smallest absolute Gasteiger partial charge is 0.0261 e. The Morgan fingerprint density at radius 2 is 1.88 bits per heavy atom. The van der Waals surface area contributed by atoms with E-state index in [1.165, 1.54) is 31.6 Å².